The van der Waals surface area contributed by atoms with Gasteiger partial charge in [0.15, 0.2) is 0 Å². The van der Waals surface area contributed by atoms with Crippen LogP contribution in [0.25, 0.3) is 6.08 Å². The third-order valence-corrected chi connectivity index (χ3v) is 6.65. The van der Waals surface area contributed by atoms with Gasteiger partial charge in [0.2, 0.25) is 5.91 Å². The Kier molecular flexibility index (Phi) is 7.79. The van der Waals surface area contributed by atoms with Crippen LogP contribution in [-0.2, 0) is 4.79 Å². The monoisotopic (exact) mass is 446 g/mol. The van der Waals surface area contributed by atoms with Gasteiger partial charge in [-0.2, -0.15) is 0 Å². The largest absolute Gasteiger partial charge is 0.371 e. The number of hydrogen-bond donors (Lipinski definition) is 1. The molecule has 6 heteroatoms. The lowest BCUT2D eigenvalue weighted by Gasteiger charge is -2.37. The molecule has 33 heavy (non-hydrogen) atoms. The molecule has 2 saturated heterocycles. The van der Waals surface area contributed by atoms with Crippen molar-refractivity contribution in [2.75, 3.05) is 50.7 Å². The molecule has 0 atom stereocenters. The molecule has 2 heterocycles. The highest BCUT2D eigenvalue weighted by molar-refractivity contribution is 6.00. The van der Waals surface area contributed by atoms with Crippen molar-refractivity contribution in [1.29, 1.82) is 0 Å². The Hall–Kier alpha value is -3.12. The summed E-state index contributed by atoms with van der Waals surface area (Å²) in [5.41, 5.74) is 2.81. The molecule has 4 rings (SSSR count). The molecule has 6 nitrogen and oxygen atoms in total. The molecule has 0 bridgehead atoms. The lowest BCUT2D eigenvalue weighted by Crippen LogP contribution is -2.49. The molecule has 0 spiro atoms. The number of para-hydroxylation sites is 1. The molecular weight excluding hydrogens is 412 g/mol. The first-order valence-corrected chi connectivity index (χ1v) is 12.0. The number of piperazine rings is 1. The summed E-state index contributed by atoms with van der Waals surface area (Å²) >= 11 is 0. The maximum atomic E-state index is 13.3. The normalized spacial score (nSPS) is 18.0. The van der Waals surface area contributed by atoms with Crippen molar-refractivity contribution < 1.29 is 9.59 Å². The molecule has 0 unspecified atom stereocenters. The van der Waals surface area contributed by atoms with Gasteiger partial charge in [-0.05, 0) is 43.2 Å². The van der Waals surface area contributed by atoms with Gasteiger partial charge in [0.05, 0.1) is 5.56 Å². The summed E-state index contributed by atoms with van der Waals surface area (Å²) in [5.74, 6) is 0.0712. The zero-order valence-electron chi connectivity index (χ0n) is 19.5. The van der Waals surface area contributed by atoms with Gasteiger partial charge in [-0.1, -0.05) is 49.4 Å². The molecule has 0 saturated carbocycles. The minimum Gasteiger partial charge on any atom is -0.371 e. The van der Waals surface area contributed by atoms with Crippen LogP contribution in [0.2, 0.25) is 0 Å². The second kappa shape index (κ2) is 11.1. The summed E-state index contributed by atoms with van der Waals surface area (Å²) in [6.45, 7) is 8.28. The van der Waals surface area contributed by atoms with E-state index in [9.17, 15) is 9.59 Å². The van der Waals surface area contributed by atoms with E-state index >= 15 is 0 Å². The SMILES string of the molecule is CCN1CCN(C(=O)c2ccccc2N2CCC(NC(=O)/C=C/c3ccccc3)CC2)CC1. The molecule has 0 aliphatic carbocycles. The molecule has 0 radical (unpaired) electrons. The number of anilines is 1. The summed E-state index contributed by atoms with van der Waals surface area (Å²) in [6, 6.07) is 17.9. The molecule has 2 aromatic carbocycles. The van der Waals surface area contributed by atoms with Crippen LogP contribution in [0.1, 0.15) is 35.7 Å². The van der Waals surface area contributed by atoms with E-state index in [0.29, 0.717) is 0 Å². The van der Waals surface area contributed by atoms with Crippen LogP contribution < -0.4 is 10.2 Å². The molecule has 2 aromatic rings. The Morgan fingerprint density at radius 1 is 0.909 bits per heavy atom. The van der Waals surface area contributed by atoms with Crippen molar-refractivity contribution in [3.63, 3.8) is 0 Å². The second-order valence-corrected chi connectivity index (χ2v) is 8.76. The van der Waals surface area contributed by atoms with Crippen LogP contribution in [0.5, 0.6) is 0 Å². The molecule has 174 valence electrons. The topological polar surface area (TPSA) is 55.9 Å². The minimum atomic E-state index is -0.0564. The Bertz CT molecular complexity index is 959. The molecule has 2 aliphatic rings. The van der Waals surface area contributed by atoms with Gasteiger partial charge >= 0.3 is 0 Å². The summed E-state index contributed by atoms with van der Waals surface area (Å²) < 4.78 is 0. The standard InChI is InChI=1S/C27H34N4O2/c1-2-29-18-20-31(21-19-29)27(33)24-10-6-7-11-25(24)30-16-14-23(15-17-30)28-26(32)13-12-22-8-4-3-5-9-22/h3-13,23H,2,14-21H2,1H3,(H,28,32)/b13-12+. The van der Waals surface area contributed by atoms with E-state index in [0.717, 1.165) is 75.5 Å². The molecule has 2 amide bonds. The Balaban J connectivity index is 1.32. The van der Waals surface area contributed by atoms with Crippen molar-refractivity contribution in [2.45, 2.75) is 25.8 Å². The van der Waals surface area contributed by atoms with E-state index in [1.54, 1.807) is 6.08 Å². The highest BCUT2D eigenvalue weighted by Gasteiger charge is 2.27. The second-order valence-electron chi connectivity index (χ2n) is 8.76. The molecule has 2 fully saturated rings. The summed E-state index contributed by atoms with van der Waals surface area (Å²) in [5, 5.41) is 3.13. The van der Waals surface area contributed by atoms with Crippen LogP contribution in [0.3, 0.4) is 0 Å². The fourth-order valence-electron chi connectivity index (χ4n) is 4.62. The van der Waals surface area contributed by atoms with Gasteiger partial charge in [0, 0.05) is 57.1 Å². The zero-order valence-corrected chi connectivity index (χ0v) is 19.5. The van der Waals surface area contributed by atoms with Crippen LogP contribution in [0.4, 0.5) is 5.69 Å². The Morgan fingerprint density at radius 2 is 1.58 bits per heavy atom. The van der Waals surface area contributed by atoms with Crippen molar-refractivity contribution in [1.82, 2.24) is 15.1 Å². The number of nitrogens with zero attached hydrogens (tertiary/aromatic N) is 3. The van der Waals surface area contributed by atoms with Gasteiger partial charge < -0.3 is 20.0 Å². The lowest BCUT2D eigenvalue weighted by atomic mass is 10.0. The van der Waals surface area contributed by atoms with Gasteiger partial charge in [-0.15, -0.1) is 0 Å². The number of rotatable bonds is 6. The van der Waals surface area contributed by atoms with Gasteiger partial charge in [-0.25, -0.2) is 0 Å². The Labute approximate surface area is 196 Å². The smallest absolute Gasteiger partial charge is 0.256 e. The van der Waals surface area contributed by atoms with E-state index in [1.165, 1.54) is 0 Å². The van der Waals surface area contributed by atoms with E-state index < -0.39 is 0 Å². The third kappa shape index (κ3) is 6.02. The zero-order chi connectivity index (χ0) is 23.0. The first-order chi connectivity index (χ1) is 16.1. The van der Waals surface area contributed by atoms with E-state index in [-0.39, 0.29) is 17.9 Å². The first kappa shape index (κ1) is 23.1. The van der Waals surface area contributed by atoms with Crippen LogP contribution in [-0.4, -0.2) is 73.5 Å². The van der Waals surface area contributed by atoms with Crippen molar-refractivity contribution in [3.05, 3.63) is 71.8 Å². The summed E-state index contributed by atoms with van der Waals surface area (Å²) in [7, 11) is 0. The van der Waals surface area contributed by atoms with Gasteiger partial charge in [-0.3, -0.25) is 9.59 Å². The van der Waals surface area contributed by atoms with E-state index in [1.807, 2.05) is 59.5 Å². The Morgan fingerprint density at radius 3 is 2.27 bits per heavy atom. The summed E-state index contributed by atoms with van der Waals surface area (Å²) in [6.07, 6.45) is 5.17. The number of likely N-dealkylation sites (N-methyl/N-ethyl adjacent to an activating group) is 1. The predicted octanol–water partition coefficient (Wildman–Crippen LogP) is 3.26. The number of carbonyl (C=O) groups excluding carboxylic acids is 2. The molecular formula is C27H34N4O2. The molecule has 0 aromatic heterocycles. The fraction of sp³-hybridized carbons (Fsp3) is 0.407. The average molecular weight is 447 g/mol. The van der Waals surface area contributed by atoms with E-state index in [4.69, 9.17) is 0 Å². The predicted molar refractivity (Wildman–Crippen MR) is 133 cm³/mol. The fourth-order valence-corrected chi connectivity index (χ4v) is 4.62. The van der Waals surface area contributed by atoms with E-state index in [2.05, 4.69) is 28.1 Å². The lowest BCUT2D eigenvalue weighted by molar-refractivity contribution is -0.117. The first-order valence-electron chi connectivity index (χ1n) is 12.0. The van der Waals surface area contributed by atoms with Gasteiger partial charge in [0.25, 0.3) is 5.91 Å². The maximum absolute atomic E-state index is 13.3. The van der Waals surface area contributed by atoms with Gasteiger partial charge in [0.1, 0.15) is 0 Å². The van der Waals surface area contributed by atoms with Crippen molar-refractivity contribution in [2.24, 2.45) is 0 Å². The van der Waals surface area contributed by atoms with Crippen molar-refractivity contribution >= 4 is 23.6 Å². The number of nitrogens with one attached hydrogen (secondary N) is 1. The average Bonchev–Trinajstić information content (AvgIpc) is 2.88. The van der Waals surface area contributed by atoms with Crippen LogP contribution in [0.15, 0.2) is 60.7 Å². The summed E-state index contributed by atoms with van der Waals surface area (Å²) in [4.78, 5) is 32.3. The van der Waals surface area contributed by atoms with Crippen molar-refractivity contribution in [3.8, 4) is 0 Å². The maximum Gasteiger partial charge on any atom is 0.256 e. The number of hydrogen-bond acceptors (Lipinski definition) is 4. The number of benzene rings is 2. The number of amides is 2. The molecule has 1 N–H and O–H groups in total. The van der Waals surface area contributed by atoms with Crippen LogP contribution in [0, 0.1) is 0 Å². The minimum absolute atomic E-state index is 0.0564. The highest BCUT2D eigenvalue weighted by Crippen LogP contribution is 2.26. The number of carbonyl (C=O) groups is 2. The highest BCUT2D eigenvalue weighted by atomic mass is 16.2. The van der Waals surface area contributed by atoms with Crippen LogP contribution >= 0.6 is 0 Å². The third-order valence-electron chi connectivity index (χ3n) is 6.65. The molecule has 2 aliphatic heterocycles. The quantitative estimate of drug-likeness (QED) is 0.692. The number of piperidine rings is 1.